The van der Waals surface area contributed by atoms with Gasteiger partial charge < -0.3 is 5.32 Å². The van der Waals surface area contributed by atoms with Crippen LogP contribution in [0.3, 0.4) is 0 Å². The third-order valence-corrected chi connectivity index (χ3v) is 4.84. The van der Waals surface area contributed by atoms with Crippen LogP contribution in [-0.4, -0.2) is 16.1 Å². The van der Waals surface area contributed by atoms with Crippen molar-refractivity contribution in [3.8, 4) is 0 Å². The number of carbonyl (C=O) groups is 1. The number of aryl methyl sites for hydroxylation is 1. The average molecular weight is 351 g/mol. The number of H-pyrrole nitrogens is 1. The quantitative estimate of drug-likeness (QED) is 0.818. The van der Waals surface area contributed by atoms with Gasteiger partial charge in [0.25, 0.3) is 5.91 Å². The van der Waals surface area contributed by atoms with Gasteiger partial charge in [-0.15, -0.1) is 0 Å². The largest absolute Gasteiger partial charge is 0.435 e. The van der Waals surface area contributed by atoms with E-state index in [4.69, 9.17) is 0 Å². The number of aromatic nitrogens is 2. The van der Waals surface area contributed by atoms with Crippen molar-refractivity contribution < 1.29 is 18.0 Å². The maximum atomic E-state index is 13.1. The molecule has 7 heteroatoms. The van der Waals surface area contributed by atoms with Gasteiger partial charge in [0.2, 0.25) is 0 Å². The summed E-state index contributed by atoms with van der Waals surface area (Å²) in [6, 6.07) is 5.57. The molecule has 0 fully saturated rings. The van der Waals surface area contributed by atoms with E-state index in [1.54, 1.807) is 6.07 Å². The van der Waals surface area contributed by atoms with E-state index in [1.807, 2.05) is 12.1 Å². The number of halogens is 3. The van der Waals surface area contributed by atoms with Crippen molar-refractivity contribution in [2.45, 2.75) is 51.6 Å². The Bertz CT molecular complexity index is 837. The van der Waals surface area contributed by atoms with E-state index >= 15 is 0 Å². The van der Waals surface area contributed by atoms with Crippen molar-refractivity contribution in [1.29, 1.82) is 0 Å². The molecule has 0 aliphatic heterocycles. The number of hydrogen-bond acceptors (Lipinski definition) is 2. The fraction of sp³-hybridized carbons (Fsp3) is 0.444. The van der Waals surface area contributed by atoms with Crippen LogP contribution in [0.25, 0.3) is 0 Å². The van der Waals surface area contributed by atoms with Crippen LogP contribution in [0.1, 0.15) is 66.0 Å². The molecule has 4 nitrogen and oxygen atoms in total. The maximum Gasteiger partial charge on any atom is 0.435 e. The molecular weight excluding hydrogens is 331 g/mol. The first-order valence-electron chi connectivity index (χ1n) is 8.09. The first-order valence-corrected chi connectivity index (χ1v) is 8.09. The summed E-state index contributed by atoms with van der Waals surface area (Å²) >= 11 is 0. The van der Waals surface area contributed by atoms with Crippen LogP contribution in [-0.2, 0) is 11.6 Å². The zero-order valence-electron chi connectivity index (χ0n) is 14.5. The number of fused-ring (bicyclic) bond motifs is 1. The molecule has 134 valence electrons. The summed E-state index contributed by atoms with van der Waals surface area (Å²) < 4.78 is 39.2. The van der Waals surface area contributed by atoms with Gasteiger partial charge in [0, 0.05) is 11.4 Å². The molecule has 1 heterocycles. The number of alkyl halides is 3. The van der Waals surface area contributed by atoms with Gasteiger partial charge >= 0.3 is 6.18 Å². The lowest BCUT2D eigenvalue weighted by atomic mass is 9.86. The Labute approximate surface area is 143 Å². The minimum absolute atomic E-state index is 0.0296. The highest BCUT2D eigenvalue weighted by Crippen LogP contribution is 2.48. The van der Waals surface area contributed by atoms with Gasteiger partial charge in [-0.05, 0) is 41.9 Å². The minimum atomic E-state index is -4.69. The Hall–Kier alpha value is -2.31. The molecule has 2 N–H and O–H groups in total. The van der Waals surface area contributed by atoms with Gasteiger partial charge in [-0.2, -0.15) is 18.3 Å². The van der Waals surface area contributed by atoms with Gasteiger partial charge in [-0.25, -0.2) is 0 Å². The van der Waals surface area contributed by atoms with Gasteiger partial charge in [0.1, 0.15) is 0 Å². The molecule has 1 atom stereocenters. The third-order valence-electron chi connectivity index (χ3n) is 4.84. The molecule has 0 saturated carbocycles. The normalized spacial score (nSPS) is 18.9. The van der Waals surface area contributed by atoms with E-state index in [0.29, 0.717) is 5.69 Å². The molecule has 1 aromatic heterocycles. The Morgan fingerprint density at radius 1 is 1.36 bits per heavy atom. The fourth-order valence-corrected chi connectivity index (χ4v) is 3.87. The van der Waals surface area contributed by atoms with Gasteiger partial charge in [-0.3, -0.25) is 9.89 Å². The van der Waals surface area contributed by atoms with Crippen LogP contribution in [0.15, 0.2) is 18.2 Å². The van der Waals surface area contributed by atoms with Crippen molar-refractivity contribution in [3.05, 3.63) is 46.3 Å². The van der Waals surface area contributed by atoms with Crippen molar-refractivity contribution in [2.75, 3.05) is 5.32 Å². The predicted molar refractivity (Wildman–Crippen MR) is 88.8 cm³/mol. The lowest BCUT2D eigenvalue weighted by Gasteiger charge is -2.19. The highest BCUT2D eigenvalue weighted by Gasteiger charge is 2.40. The highest BCUT2D eigenvalue weighted by molar-refractivity contribution is 6.06. The van der Waals surface area contributed by atoms with Crippen LogP contribution in [0.4, 0.5) is 18.9 Å². The summed E-state index contributed by atoms with van der Waals surface area (Å²) in [7, 11) is 0. The molecule has 0 spiro atoms. The summed E-state index contributed by atoms with van der Waals surface area (Å²) in [5.41, 5.74) is 1.09. The van der Waals surface area contributed by atoms with Crippen LogP contribution < -0.4 is 5.32 Å². The second-order valence-electron chi connectivity index (χ2n) is 7.28. The van der Waals surface area contributed by atoms with Crippen molar-refractivity contribution in [3.63, 3.8) is 0 Å². The Kier molecular flexibility index (Phi) is 3.93. The monoisotopic (exact) mass is 351 g/mol. The van der Waals surface area contributed by atoms with Crippen molar-refractivity contribution in [2.24, 2.45) is 0 Å². The summed E-state index contributed by atoms with van der Waals surface area (Å²) in [6.45, 7) is 7.72. The number of aromatic amines is 1. The Balaban J connectivity index is 2.00. The number of carbonyl (C=O) groups excluding carboxylic acids is 1. The van der Waals surface area contributed by atoms with Crippen LogP contribution in [0.5, 0.6) is 0 Å². The van der Waals surface area contributed by atoms with E-state index in [1.165, 1.54) is 6.92 Å². The second-order valence-corrected chi connectivity index (χ2v) is 7.28. The molecule has 1 aliphatic rings. The topological polar surface area (TPSA) is 57.8 Å². The average Bonchev–Trinajstić information content (AvgIpc) is 2.98. The summed E-state index contributed by atoms with van der Waals surface area (Å²) in [5, 5.41) is 8.17. The lowest BCUT2D eigenvalue weighted by Crippen LogP contribution is -2.19. The van der Waals surface area contributed by atoms with Crippen molar-refractivity contribution in [1.82, 2.24) is 10.2 Å². The van der Waals surface area contributed by atoms with E-state index in [0.717, 1.165) is 17.5 Å². The Morgan fingerprint density at radius 3 is 2.68 bits per heavy atom. The number of rotatable bonds is 2. The standard InChI is InChI=1S/C18H20F3N3O/c1-9-8-17(3,4)11-6-5-7-12(13(9)11)22-16(25)14-10(2)23-24-15(14)18(19,20)21/h5-7,9H,8H2,1-4H3,(H,22,25)(H,23,24). The summed E-state index contributed by atoms with van der Waals surface area (Å²) in [5.74, 6) is -0.585. The van der Waals surface area contributed by atoms with Crippen LogP contribution in [0, 0.1) is 6.92 Å². The molecule has 3 rings (SSSR count). The Morgan fingerprint density at radius 2 is 2.04 bits per heavy atom. The van der Waals surface area contributed by atoms with Crippen LogP contribution >= 0.6 is 0 Å². The number of anilines is 1. The van der Waals surface area contributed by atoms with Gasteiger partial charge in [-0.1, -0.05) is 32.9 Å². The molecule has 25 heavy (non-hydrogen) atoms. The molecule has 2 aromatic rings. The molecule has 0 bridgehead atoms. The van der Waals surface area contributed by atoms with E-state index in [2.05, 4.69) is 36.3 Å². The van der Waals surface area contributed by atoms with E-state index < -0.39 is 23.3 Å². The van der Waals surface area contributed by atoms with Crippen LogP contribution in [0.2, 0.25) is 0 Å². The maximum absolute atomic E-state index is 13.1. The van der Waals surface area contributed by atoms with Gasteiger partial charge in [0.05, 0.1) is 5.56 Å². The lowest BCUT2D eigenvalue weighted by molar-refractivity contribution is -0.141. The molecule has 0 radical (unpaired) electrons. The van der Waals surface area contributed by atoms with Gasteiger partial charge in [0.15, 0.2) is 5.69 Å². The van der Waals surface area contributed by atoms with E-state index in [9.17, 15) is 18.0 Å². The number of amides is 1. The predicted octanol–water partition coefficient (Wildman–Crippen LogP) is 4.77. The second kappa shape index (κ2) is 5.61. The fourth-order valence-electron chi connectivity index (χ4n) is 3.87. The first-order chi connectivity index (χ1) is 11.5. The zero-order valence-corrected chi connectivity index (χ0v) is 14.5. The number of benzene rings is 1. The number of hydrogen-bond donors (Lipinski definition) is 2. The van der Waals surface area contributed by atoms with E-state index in [-0.39, 0.29) is 17.0 Å². The molecule has 1 aromatic carbocycles. The first kappa shape index (κ1) is 17.5. The zero-order chi connectivity index (χ0) is 18.6. The molecule has 0 saturated heterocycles. The molecular formula is C18H20F3N3O. The highest BCUT2D eigenvalue weighted by atomic mass is 19.4. The molecule has 1 amide bonds. The minimum Gasteiger partial charge on any atom is -0.322 e. The smallest absolute Gasteiger partial charge is 0.322 e. The number of nitrogens with one attached hydrogen (secondary N) is 2. The SMILES string of the molecule is Cc1[nH]nc(C(F)(F)F)c1C(=O)Nc1cccc2c1C(C)CC2(C)C. The molecule has 1 unspecified atom stereocenters. The summed E-state index contributed by atoms with van der Waals surface area (Å²) in [4.78, 5) is 12.6. The van der Waals surface area contributed by atoms with Crippen molar-refractivity contribution >= 4 is 11.6 Å². The molecule has 1 aliphatic carbocycles. The third kappa shape index (κ3) is 2.92. The number of nitrogens with zero attached hydrogens (tertiary/aromatic N) is 1. The summed E-state index contributed by atoms with van der Waals surface area (Å²) in [6.07, 6.45) is -3.76.